The summed E-state index contributed by atoms with van der Waals surface area (Å²) >= 11 is 1.96. The summed E-state index contributed by atoms with van der Waals surface area (Å²) < 4.78 is 0. The average Bonchev–Trinajstić information content (AvgIpc) is 2.88. The lowest BCUT2D eigenvalue weighted by Crippen LogP contribution is -2.43. The summed E-state index contributed by atoms with van der Waals surface area (Å²) in [5.74, 6) is 1.71. The third kappa shape index (κ3) is 2.90. The van der Waals surface area contributed by atoms with Gasteiger partial charge in [-0.2, -0.15) is 0 Å². The minimum absolute atomic E-state index is 0.638. The van der Waals surface area contributed by atoms with Crippen molar-refractivity contribution in [1.82, 2.24) is 5.32 Å². The first-order valence-electron chi connectivity index (χ1n) is 8.08. The molecule has 1 N–H and O–H groups in total. The Balaban J connectivity index is 1.71. The Morgan fingerprint density at radius 1 is 1.16 bits per heavy atom. The van der Waals surface area contributed by atoms with E-state index in [1.165, 1.54) is 44.9 Å². The maximum Gasteiger partial charge on any atom is 0.0333 e. The van der Waals surface area contributed by atoms with Crippen molar-refractivity contribution >= 4 is 11.3 Å². The van der Waals surface area contributed by atoms with Crippen LogP contribution in [0.1, 0.15) is 68.9 Å². The molecular weight excluding hydrogens is 250 g/mol. The van der Waals surface area contributed by atoms with Crippen LogP contribution in [-0.4, -0.2) is 6.04 Å². The fourth-order valence-corrected chi connectivity index (χ4v) is 5.07. The molecule has 1 saturated carbocycles. The fourth-order valence-electron chi connectivity index (χ4n) is 4.08. The molecular formula is C17H27NS. The number of nitrogens with one attached hydrogen (secondary N) is 1. The largest absolute Gasteiger partial charge is 0.307 e. The van der Waals surface area contributed by atoms with E-state index < -0.39 is 0 Å². The lowest BCUT2D eigenvalue weighted by Gasteiger charge is -2.38. The van der Waals surface area contributed by atoms with Gasteiger partial charge >= 0.3 is 0 Å². The van der Waals surface area contributed by atoms with Crippen molar-refractivity contribution in [2.45, 2.75) is 70.9 Å². The Morgan fingerprint density at radius 3 is 2.84 bits per heavy atom. The van der Waals surface area contributed by atoms with Gasteiger partial charge in [0.15, 0.2) is 0 Å². The number of rotatable bonds is 3. The first kappa shape index (κ1) is 13.6. The topological polar surface area (TPSA) is 12.0 Å². The van der Waals surface area contributed by atoms with Gasteiger partial charge in [-0.1, -0.05) is 26.7 Å². The van der Waals surface area contributed by atoms with E-state index in [9.17, 15) is 0 Å². The molecule has 2 aliphatic carbocycles. The van der Waals surface area contributed by atoms with Crippen LogP contribution >= 0.6 is 11.3 Å². The summed E-state index contributed by atoms with van der Waals surface area (Å²) in [6.07, 6.45) is 9.69. The zero-order chi connectivity index (χ0) is 13.2. The number of fused-ring (bicyclic) bond motifs is 1. The van der Waals surface area contributed by atoms with Gasteiger partial charge in [-0.15, -0.1) is 11.3 Å². The van der Waals surface area contributed by atoms with Gasteiger partial charge in [0.2, 0.25) is 0 Å². The van der Waals surface area contributed by atoms with E-state index in [2.05, 4.69) is 30.6 Å². The molecule has 1 heterocycles. The Labute approximate surface area is 121 Å². The Bertz CT molecular complexity index is 409. The molecule has 19 heavy (non-hydrogen) atoms. The van der Waals surface area contributed by atoms with Crippen molar-refractivity contribution < 1.29 is 0 Å². The predicted molar refractivity (Wildman–Crippen MR) is 83.7 cm³/mol. The summed E-state index contributed by atoms with van der Waals surface area (Å²) in [5.41, 5.74) is 1.62. The zero-order valence-corrected chi connectivity index (χ0v) is 13.1. The van der Waals surface area contributed by atoms with Gasteiger partial charge in [-0.25, -0.2) is 0 Å². The standard InChI is InChI=1S/C17H27NS/c1-12(2)13-6-3-4-7-15(13)18-16-8-5-9-17-14(16)10-11-19-17/h10-13,15-16,18H,3-9H2,1-2H3. The number of hydrogen-bond donors (Lipinski definition) is 1. The second kappa shape index (κ2) is 5.97. The van der Waals surface area contributed by atoms with Crippen molar-refractivity contribution in [1.29, 1.82) is 0 Å². The normalized spacial score (nSPS) is 31.4. The third-order valence-corrected chi connectivity index (χ3v) is 6.14. The van der Waals surface area contributed by atoms with Gasteiger partial charge < -0.3 is 5.32 Å². The minimum Gasteiger partial charge on any atom is -0.307 e. The number of hydrogen-bond acceptors (Lipinski definition) is 2. The molecule has 3 atom stereocenters. The van der Waals surface area contributed by atoms with Crippen molar-refractivity contribution in [3.8, 4) is 0 Å². The molecule has 3 rings (SSSR count). The van der Waals surface area contributed by atoms with E-state index in [1.54, 1.807) is 10.4 Å². The minimum atomic E-state index is 0.638. The van der Waals surface area contributed by atoms with Crippen LogP contribution in [0.3, 0.4) is 0 Å². The second-order valence-electron chi connectivity index (χ2n) is 6.71. The Hall–Kier alpha value is -0.340. The van der Waals surface area contributed by atoms with E-state index in [4.69, 9.17) is 0 Å². The molecule has 0 spiro atoms. The zero-order valence-electron chi connectivity index (χ0n) is 12.3. The van der Waals surface area contributed by atoms with Gasteiger partial charge in [-0.05, 0) is 60.9 Å². The molecule has 1 fully saturated rings. The molecule has 1 aromatic rings. The molecule has 0 aliphatic heterocycles. The highest BCUT2D eigenvalue weighted by atomic mass is 32.1. The molecule has 1 aromatic heterocycles. The van der Waals surface area contributed by atoms with E-state index in [0.717, 1.165) is 17.9 Å². The molecule has 3 unspecified atom stereocenters. The highest BCUT2D eigenvalue weighted by Gasteiger charge is 2.31. The average molecular weight is 277 g/mol. The SMILES string of the molecule is CC(C)C1CCCCC1NC1CCCc2sccc21. The lowest BCUT2D eigenvalue weighted by atomic mass is 9.77. The highest BCUT2D eigenvalue weighted by molar-refractivity contribution is 7.10. The molecule has 0 radical (unpaired) electrons. The molecule has 1 nitrogen and oxygen atoms in total. The highest BCUT2D eigenvalue weighted by Crippen LogP contribution is 2.37. The summed E-state index contributed by atoms with van der Waals surface area (Å²) in [4.78, 5) is 1.64. The van der Waals surface area contributed by atoms with Crippen molar-refractivity contribution in [2.24, 2.45) is 11.8 Å². The van der Waals surface area contributed by atoms with Crippen LogP contribution in [0.25, 0.3) is 0 Å². The molecule has 0 amide bonds. The Kier molecular flexibility index (Phi) is 4.28. The maximum absolute atomic E-state index is 4.04. The molecule has 0 saturated heterocycles. The van der Waals surface area contributed by atoms with Crippen LogP contribution in [0, 0.1) is 11.8 Å². The fraction of sp³-hybridized carbons (Fsp3) is 0.765. The van der Waals surface area contributed by atoms with Crippen LogP contribution in [0.5, 0.6) is 0 Å². The van der Waals surface area contributed by atoms with E-state index >= 15 is 0 Å². The summed E-state index contributed by atoms with van der Waals surface area (Å²) in [6, 6.07) is 3.76. The van der Waals surface area contributed by atoms with Crippen LogP contribution < -0.4 is 5.32 Å². The number of thiophene rings is 1. The van der Waals surface area contributed by atoms with E-state index in [1.807, 2.05) is 11.3 Å². The van der Waals surface area contributed by atoms with Crippen LogP contribution in [0.15, 0.2) is 11.4 Å². The summed E-state index contributed by atoms with van der Waals surface area (Å²) in [5, 5.41) is 6.32. The van der Waals surface area contributed by atoms with Gasteiger partial charge in [0.05, 0.1) is 0 Å². The second-order valence-corrected chi connectivity index (χ2v) is 7.71. The Morgan fingerprint density at radius 2 is 2.00 bits per heavy atom. The lowest BCUT2D eigenvalue weighted by molar-refractivity contribution is 0.187. The van der Waals surface area contributed by atoms with Crippen LogP contribution in [-0.2, 0) is 6.42 Å². The van der Waals surface area contributed by atoms with Gasteiger partial charge in [0.1, 0.15) is 0 Å². The third-order valence-electron chi connectivity index (χ3n) is 5.14. The van der Waals surface area contributed by atoms with Crippen molar-refractivity contribution in [3.63, 3.8) is 0 Å². The summed E-state index contributed by atoms with van der Waals surface area (Å²) in [7, 11) is 0. The molecule has 0 aromatic carbocycles. The van der Waals surface area contributed by atoms with Gasteiger partial charge in [-0.3, -0.25) is 0 Å². The quantitative estimate of drug-likeness (QED) is 0.826. The van der Waals surface area contributed by atoms with Crippen LogP contribution in [0.2, 0.25) is 0 Å². The predicted octanol–water partition coefficient (Wildman–Crippen LogP) is 4.93. The molecule has 106 valence electrons. The van der Waals surface area contributed by atoms with E-state index in [-0.39, 0.29) is 0 Å². The summed E-state index contributed by atoms with van der Waals surface area (Å²) in [6.45, 7) is 4.81. The molecule has 2 aliphatic rings. The molecule has 0 bridgehead atoms. The first-order valence-corrected chi connectivity index (χ1v) is 8.96. The first-order chi connectivity index (χ1) is 9.25. The number of aryl methyl sites for hydroxylation is 1. The molecule has 2 heteroatoms. The van der Waals surface area contributed by atoms with E-state index in [0.29, 0.717) is 6.04 Å². The maximum atomic E-state index is 4.04. The van der Waals surface area contributed by atoms with Gasteiger partial charge in [0, 0.05) is 17.0 Å². The van der Waals surface area contributed by atoms with Gasteiger partial charge in [0.25, 0.3) is 0 Å². The van der Waals surface area contributed by atoms with Crippen LogP contribution in [0.4, 0.5) is 0 Å². The monoisotopic (exact) mass is 277 g/mol. The smallest absolute Gasteiger partial charge is 0.0333 e. The van der Waals surface area contributed by atoms with Crippen molar-refractivity contribution in [2.75, 3.05) is 0 Å². The van der Waals surface area contributed by atoms with Crippen molar-refractivity contribution in [3.05, 3.63) is 21.9 Å².